The summed E-state index contributed by atoms with van der Waals surface area (Å²) in [6, 6.07) is 15.9. The van der Waals surface area contributed by atoms with E-state index in [0.29, 0.717) is 10.9 Å². The molecule has 1 aliphatic carbocycles. The van der Waals surface area contributed by atoms with Gasteiger partial charge < -0.3 is 5.32 Å². The third kappa shape index (κ3) is 3.09. The molecule has 4 rings (SSSR count). The fourth-order valence-electron chi connectivity index (χ4n) is 3.42. The third-order valence-electron chi connectivity index (χ3n) is 4.72. The summed E-state index contributed by atoms with van der Waals surface area (Å²) in [6.45, 7) is 0. The molecule has 1 heterocycles. The van der Waals surface area contributed by atoms with Crippen molar-refractivity contribution in [3.63, 3.8) is 0 Å². The maximum absolute atomic E-state index is 6.31. The Hall–Kier alpha value is -2.13. The zero-order chi connectivity index (χ0) is 16.4. The fourth-order valence-corrected chi connectivity index (χ4v) is 3.61. The van der Waals surface area contributed by atoms with Crippen LogP contribution in [0.15, 0.2) is 48.5 Å². The van der Waals surface area contributed by atoms with E-state index in [0.717, 1.165) is 28.2 Å². The zero-order valence-corrected chi connectivity index (χ0v) is 14.3. The van der Waals surface area contributed by atoms with Gasteiger partial charge in [-0.1, -0.05) is 55.1 Å². The molecule has 0 saturated heterocycles. The van der Waals surface area contributed by atoms with E-state index in [2.05, 4.69) is 17.4 Å². The van der Waals surface area contributed by atoms with Gasteiger partial charge in [-0.3, -0.25) is 0 Å². The van der Waals surface area contributed by atoms with Crippen LogP contribution < -0.4 is 5.32 Å². The van der Waals surface area contributed by atoms with Crippen molar-refractivity contribution in [2.75, 3.05) is 5.32 Å². The molecule has 4 heteroatoms. The van der Waals surface area contributed by atoms with Gasteiger partial charge in [-0.15, -0.1) is 0 Å². The Balaban J connectivity index is 1.78. The number of nitrogens with one attached hydrogen (secondary N) is 1. The van der Waals surface area contributed by atoms with Crippen molar-refractivity contribution in [2.24, 2.45) is 0 Å². The number of hydrogen-bond acceptors (Lipinski definition) is 3. The van der Waals surface area contributed by atoms with Gasteiger partial charge in [0.25, 0.3) is 0 Å². The first kappa shape index (κ1) is 15.4. The van der Waals surface area contributed by atoms with E-state index in [1.807, 2.05) is 36.4 Å². The van der Waals surface area contributed by atoms with Crippen molar-refractivity contribution < 1.29 is 0 Å². The molecular weight excluding hydrogens is 318 g/mol. The van der Waals surface area contributed by atoms with Crippen LogP contribution in [0.25, 0.3) is 10.9 Å². The molecule has 0 bridgehead atoms. The van der Waals surface area contributed by atoms with E-state index in [4.69, 9.17) is 21.6 Å². The number of aromatic nitrogens is 2. The summed E-state index contributed by atoms with van der Waals surface area (Å²) in [6.07, 6.45) is 6.24. The predicted molar refractivity (Wildman–Crippen MR) is 100 cm³/mol. The van der Waals surface area contributed by atoms with Crippen LogP contribution in [-0.2, 0) is 0 Å². The topological polar surface area (TPSA) is 37.8 Å². The molecule has 1 N–H and O–H groups in total. The second-order valence-corrected chi connectivity index (χ2v) is 6.79. The van der Waals surface area contributed by atoms with E-state index in [9.17, 15) is 0 Å². The van der Waals surface area contributed by atoms with E-state index in [-0.39, 0.29) is 0 Å². The van der Waals surface area contributed by atoms with Crippen LogP contribution in [0.5, 0.6) is 0 Å². The third-order valence-corrected chi connectivity index (χ3v) is 5.05. The molecule has 0 unspecified atom stereocenters. The molecule has 3 nitrogen and oxygen atoms in total. The monoisotopic (exact) mass is 337 g/mol. The molecule has 0 atom stereocenters. The van der Waals surface area contributed by atoms with Gasteiger partial charge in [0.1, 0.15) is 11.6 Å². The Kier molecular flexibility index (Phi) is 4.35. The van der Waals surface area contributed by atoms with Crippen molar-refractivity contribution in [3.8, 4) is 0 Å². The molecule has 1 aromatic heterocycles. The van der Waals surface area contributed by atoms with Crippen molar-refractivity contribution >= 4 is 34.0 Å². The molecule has 1 fully saturated rings. The minimum atomic E-state index is 0.468. The van der Waals surface area contributed by atoms with Crippen LogP contribution >= 0.6 is 11.6 Å². The van der Waals surface area contributed by atoms with Crippen LogP contribution in [-0.4, -0.2) is 9.97 Å². The van der Waals surface area contributed by atoms with Gasteiger partial charge in [-0.25, -0.2) is 9.97 Å². The first-order valence-electron chi connectivity index (χ1n) is 8.59. The quantitative estimate of drug-likeness (QED) is 0.629. The molecular formula is C20H20ClN3. The molecule has 0 amide bonds. The summed E-state index contributed by atoms with van der Waals surface area (Å²) in [5.41, 5.74) is 1.86. The second kappa shape index (κ2) is 6.78. The van der Waals surface area contributed by atoms with Gasteiger partial charge in [0, 0.05) is 11.3 Å². The lowest BCUT2D eigenvalue weighted by atomic mass is 9.88. The highest BCUT2D eigenvalue weighted by atomic mass is 35.5. The average Bonchev–Trinajstić information content (AvgIpc) is 2.64. The molecule has 3 aromatic rings. The van der Waals surface area contributed by atoms with Gasteiger partial charge in [0.05, 0.1) is 16.2 Å². The van der Waals surface area contributed by atoms with Gasteiger partial charge >= 0.3 is 0 Å². The number of para-hydroxylation sites is 2. The fraction of sp³-hybridized carbons (Fsp3) is 0.300. The molecule has 1 aliphatic rings. The first-order chi connectivity index (χ1) is 11.8. The maximum atomic E-state index is 6.31. The number of halogens is 1. The number of hydrogen-bond donors (Lipinski definition) is 1. The van der Waals surface area contributed by atoms with Crippen molar-refractivity contribution in [1.29, 1.82) is 0 Å². The van der Waals surface area contributed by atoms with Gasteiger partial charge in [-0.05, 0) is 37.1 Å². The lowest BCUT2D eigenvalue weighted by molar-refractivity contribution is 0.430. The Morgan fingerprint density at radius 1 is 0.875 bits per heavy atom. The first-order valence-corrected chi connectivity index (χ1v) is 8.97. The van der Waals surface area contributed by atoms with Crippen molar-refractivity contribution in [3.05, 3.63) is 59.4 Å². The average molecular weight is 338 g/mol. The highest BCUT2D eigenvalue weighted by Gasteiger charge is 2.20. The van der Waals surface area contributed by atoms with Crippen molar-refractivity contribution in [1.82, 2.24) is 9.97 Å². The Labute approximate surface area is 147 Å². The normalized spacial score (nSPS) is 15.5. The highest BCUT2D eigenvalue weighted by Crippen LogP contribution is 2.34. The minimum Gasteiger partial charge on any atom is -0.338 e. The summed E-state index contributed by atoms with van der Waals surface area (Å²) >= 11 is 6.31. The number of nitrogens with zero attached hydrogens (tertiary/aromatic N) is 2. The zero-order valence-electron chi connectivity index (χ0n) is 13.5. The van der Waals surface area contributed by atoms with E-state index < -0.39 is 0 Å². The van der Waals surface area contributed by atoms with Crippen LogP contribution in [0.1, 0.15) is 43.8 Å². The van der Waals surface area contributed by atoms with E-state index >= 15 is 0 Å². The molecule has 0 spiro atoms. The van der Waals surface area contributed by atoms with Gasteiger partial charge in [0.15, 0.2) is 0 Å². The summed E-state index contributed by atoms with van der Waals surface area (Å²) in [7, 11) is 0. The smallest absolute Gasteiger partial charge is 0.142 e. The molecule has 24 heavy (non-hydrogen) atoms. The Morgan fingerprint density at radius 2 is 1.62 bits per heavy atom. The maximum Gasteiger partial charge on any atom is 0.142 e. The number of anilines is 2. The van der Waals surface area contributed by atoms with Crippen LogP contribution in [0.4, 0.5) is 11.5 Å². The number of benzene rings is 2. The summed E-state index contributed by atoms with van der Waals surface area (Å²) in [5, 5.41) is 5.13. The predicted octanol–water partition coefficient (Wildman–Crippen LogP) is 6.07. The standard InChI is InChI=1S/C20H20ClN3/c21-16-11-5-7-13-18(16)23-20-15-10-4-6-12-17(15)22-19(24-20)14-8-2-1-3-9-14/h4-7,10-14H,1-3,8-9H2,(H,22,23,24). The molecule has 0 radical (unpaired) electrons. The summed E-state index contributed by atoms with van der Waals surface area (Å²) < 4.78 is 0. The molecule has 2 aromatic carbocycles. The van der Waals surface area contributed by atoms with Gasteiger partial charge in [0.2, 0.25) is 0 Å². The van der Waals surface area contributed by atoms with Crippen LogP contribution in [0, 0.1) is 0 Å². The lowest BCUT2D eigenvalue weighted by Crippen LogP contribution is -2.10. The molecule has 122 valence electrons. The largest absolute Gasteiger partial charge is 0.338 e. The minimum absolute atomic E-state index is 0.468. The summed E-state index contributed by atoms with van der Waals surface area (Å²) in [5.74, 6) is 2.27. The van der Waals surface area contributed by atoms with Crippen molar-refractivity contribution in [2.45, 2.75) is 38.0 Å². The van der Waals surface area contributed by atoms with E-state index in [1.165, 1.54) is 32.1 Å². The Morgan fingerprint density at radius 3 is 2.46 bits per heavy atom. The number of fused-ring (bicyclic) bond motifs is 1. The summed E-state index contributed by atoms with van der Waals surface area (Å²) in [4.78, 5) is 9.72. The van der Waals surface area contributed by atoms with Gasteiger partial charge in [-0.2, -0.15) is 0 Å². The Bertz CT molecular complexity index is 856. The van der Waals surface area contributed by atoms with Crippen LogP contribution in [0.3, 0.4) is 0 Å². The molecule has 0 aliphatic heterocycles. The van der Waals surface area contributed by atoms with Crippen LogP contribution in [0.2, 0.25) is 5.02 Å². The van der Waals surface area contributed by atoms with E-state index in [1.54, 1.807) is 0 Å². The lowest BCUT2D eigenvalue weighted by Gasteiger charge is -2.21. The number of rotatable bonds is 3. The highest BCUT2D eigenvalue weighted by molar-refractivity contribution is 6.33. The second-order valence-electron chi connectivity index (χ2n) is 6.39. The molecule has 1 saturated carbocycles. The SMILES string of the molecule is Clc1ccccc1Nc1nc(C2CCCCC2)nc2ccccc12.